The molecule has 0 fully saturated rings. The molecule has 0 saturated heterocycles. The lowest BCUT2D eigenvalue weighted by Gasteiger charge is -2.20. The number of anilines is 1. The summed E-state index contributed by atoms with van der Waals surface area (Å²) in [7, 11) is 3.11. The largest absolute Gasteiger partial charge is 0.493 e. The van der Waals surface area contributed by atoms with Crippen LogP contribution in [0.2, 0.25) is 0 Å². The zero-order valence-corrected chi connectivity index (χ0v) is 25.0. The number of carbonyl (C=O) groups excluding carboxylic acids is 2. The van der Waals surface area contributed by atoms with Crippen molar-refractivity contribution in [1.82, 2.24) is 0 Å². The van der Waals surface area contributed by atoms with Gasteiger partial charge in [-0.2, -0.15) is 0 Å². The highest BCUT2D eigenvalue weighted by Gasteiger charge is 2.23. The van der Waals surface area contributed by atoms with Crippen LogP contribution in [-0.2, 0) is 14.9 Å². The van der Waals surface area contributed by atoms with Crippen LogP contribution >= 0.6 is 27.3 Å². The molecule has 9 heteroatoms. The van der Waals surface area contributed by atoms with Gasteiger partial charge in [-0.3, -0.25) is 4.79 Å². The summed E-state index contributed by atoms with van der Waals surface area (Å²) in [5.41, 5.74) is 2.96. The number of ether oxygens (including phenoxy) is 4. The predicted molar refractivity (Wildman–Crippen MR) is 155 cm³/mol. The van der Waals surface area contributed by atoms with Gasteiger partial charge in [-0.15, -0.1) is 11.3 Å². The highest BCUT2D eigenvalue weighted by atomic mass is 79.9. The van der Waals surface area contributed by atoms with Crippen molar-refractivity contribution in [3.8, 4) is 28.4 Å². The van der Waals surface area contributed by atoms with Crippen molar-refractivity contribution < 1.29 is 28.5 Å². The number of nitrogens with one attached hydrogen (secondary N) is 1. The average molecular weight is 605 g/mol. The zero-order chi connectivity index (χ0) is 27.9. The van der Waals surface area contributed by atoms with Crippen LogP contribution < -0.4 is 19.5 Å². The maximum atomic E-state index is 12.9. The number of halogens is 1. The van der Waals surface area contributed by atoms with Crippen molar-refractivity contribution in [2.24, 2.45) is 0 Å². The molecule has 1 N–H and O–H groups in total. The summed E-state index contributed by atoms with van der Waals surface area (Å²) in [6, 6.07) is 11.5. The van der Waals surface area contributed by atoms with Gasteiger partial charge in [-0.25, -0.2) is 4.79 Å². The summed E-state index contributed by atoms with van der Waals surface area (Å²) in [6.07, 6.45) is 0.755. The van der Waals surface area contributed by atoms with E-state index < -0.39 is 5.97 Å². The Hall–Kier alpha value is -3.04. The molecule has 0 aliphatic heterocycles. The SMILES string of the molecule is CCOC(=O)c1c(-c2ccc(OC)c(OC)c2)csc1NC(=O)CCCOc1ccc(C(C)(C)C)cc1Br. The molecule has 38 heavy (non-hydrogen) atoms. The minimum absolute atomic E-state index is 0.0443. The van der Waals surface area contributed by atoms with Crippen LogP contribution in [0, 0.1) is 0 Å². The third-order valence-corrected chi connectivity index (χ3v) is 7.34. The first-order chi connectivity index (χ1) is 18.1. The van der Waals surface area contributed by atoms with Crippen LogP contribution in [0.3, 0.4) is 0 Å². The third kappa shape index (κ3) is 7.29. The summed E-state index contributed by atoms with van der Waals surface area (Å²) in [4.78, 5) is 25.6. The van der Waals surface area contributed by atoms with Gasteiger partial charge in [-0.05, 0) is 70.1 Å². The lowest BCUT2D eigenvalue weighted by molar-refractivity contribution is -0.116. The van der Waals surface area contributed by atoms with E-state index in [4.69, 9.17) is 18.9 Å². The van der Waals surface area contributed by atoms with E-state index in [9.17, 15) is 9.59 Å². The van der Waals surface area contributed by atoms with Crippen LogP contribution in [0.25, 0.3) is 11.1 Å². The zero-order valence-electron chi connectivity index (χ0n) is 22.6. The van der Waals surface area contributed by atoms with Crippen molar-refractivity contribution in [2.45, 2.75) is 46.0 Å². The summed E-state index contributed by atoms with van der Waals surface area (Å²) >= 11 is 4.85. The van der Waals surface area contributed by atoms with E-state index in [1.54, 1.807) is 33.3 Å². The molecule has 1 aromatic heterocycles. The minimum Gasteiger partial charge on any atom is -0.493 e. The first-order valence-electron chi connectivity index (χ1n) is 12.3. The molecule has 0 aliphatic carbocycles. The van der Waals surface area contributed by atoms with Gasteiger partial charge >= 0.3 is 5.97 Å². The topological polar surface area (TPSA) is 83.1 Å². The van der Waals surface area contributed by atoms with Crippen LogP contribution in [-0.4, -0.2) is 39.3 Å². The summed E-state index contributed by atoms with van der Waals surface area (Å²) in [5, 5.41) is 5.15. The van der Waals surface area contributed by atoms with Crippen molar-refractivity contribution in [3.63, 3.8) is 0 Å². The second-order valence-corrected chi connectivity index (χ2v) is 11.3. The molecule has 2 aromatic carbocycles. The monoisotopic (exact) mass is 603 g/mol. The molecule has 0 bridgehead atoms. The van der Waals surface area contributed by atoms with Crippen LogP contribution in [0.4, 0.5) is 5.00 Å². The second-order valence-electron chi connectivity index (χ2n) is 9.54. The van der Waals surface area contributed by atoms with E-state index in [0.717, 1.165) is 15.8 Å². The number of esters is 1. The van der Waals surface area contributed by atoms with Crippen LogP contribution in [0.5, 0.6) is 17.2 Å². The molecular formula is C29H34BrNO6S. The predicted octanol–water partition coefficient (Wildman–Crippen LogP) is 7.47. The average Bonchev–Trinajstić information content (AvgIpc) is 3.29. The summed E-state index contributed by atoms with van der Waals surface area (Å²) in [5.74, 6) is 1.15. The van der Waals surface area contributed by atoms with Gasteiger partial charge in [0.2, 0.25) is 5.91 Å². The van der Waals surface area contributed by atoms with E-state index in [1.165, 1.54) is 16.9 Å². The molecule has 3 aromatic rings. The molecule has 0 radical (unpaired) electrons. The van der Waals surface area contributed by atoms with Gasteiger partial charge in [0.1, 0.15) is 16.3 Å². The smallest absolute Gasteiger partial charge is 0.341 e. The number of benzene rings is 2. The highest BCUT2D eigenvalue weighted by molar-refractivity contribution is 9.10. The number of thiophene rings is 1. The normalized spacial score (nSPS) is 11.1. The molecule has 0 aliphatic rings. The third-order valence-electron chi connectivity index (χ3n) is 5.82. The molecule has 7 nitrogen and oxygen atoms in total. The van der Waals surface area contributed by atoms with Gasteiger partial charge < -0.3 is 24.3 Å². The first-order valence-corrected chi connectivity index (χ1v) is 14.0. The molecule has 204 valence electrons. The fraction of sp³-hybridized carbons (Fsp3) is 0.379. The molecule has 1 heterocycles. The lowest BCUT2D eigenvalue weighted by atomic mass is 9.87. The molecule has 0 spiro atoms. The van der Waals surface area contributed by atoms with E-state index in [1.807, 2.05) is 17.5 Å². The van der Waals surface area contributed by atoms with E-state index in [2.05, 4.69) is 54.2 Å². The van der Waals surface area contributed by atoms with E-state index >= 15 is 0 Å². The molecule has 1 amide bonds. The Morgan fingerprint density at radius 3 is 2.34 bits per heavy atom. The minimum atomic E-state index is -0.499. The standard InChI is InChI=1S/C29H34BrNO6S/c1-7-36-28(33)26-20(18-10-12-23(34-5)24(15-18)35-6)17-38-27(26)31-25(32)9-8-14-37-22-13-11-19(16-21(22)30)29(2,3)4/h10-13,15-17H,7-9,14H2,1-6H3,(H,31,32). The fourth-order valence-electron chi connectivity index (χ4n) is 3.76. The molecule has 3 rings (SSSR count). The molecule has 0 saturated carbocycles. The Labute approximate surface area is 236 Å². The van der Waals surface area contributed by atoms with Gasteiger partial charge in [-0.1, -0.05) is 32.9 Å². The fourth-order valence-corrected chi connectivity index (χ4v) is 5.23. The number of methoxy groups -OCH3 is 2. The van der Waals surface area contributed by atoms with Crippen molar-refractivity contribution in [2.75, 3.05) is 32.8 Å². The summed E-state index contributed by atoms with van der Waals surface area (Å²) < 4.78 is 22.8. The Morgan fingerprint density at radius 2 is 1.71 bits per heavy atom. The number of hydrogen-bond donors (Lipinski definition) is 1. The van der Waals surface area contributed by atoms with Crippen molar-refractivity contribution >= 4 is 44.1 Å². The van der Waals surface area contributed by atoms with Gasteiger partial charge in [0.25, 0.3) is 0 Å². The van der Waals surface area contributed by atoms with E-state index in [0.29, 0.717) is 40.7 Å². The number of amides is 1. The molecule has 0 unspecified atom stereocenters. The summed E-state index contributed by atoms with van der Waals surface area (Å²) in [6.45, 7) is 8.82. The number of hydrogen-bond acceptors (Lipinski definition) is 7. The van der Waals surface area contributed by atoms with Gasteiger partial charge in [0.15, 0.2) is 11.5 Å². The quantitative estimate of drug-likeness (QED) is 0.181. The van der Waals surface area contributed by atoms with E-state index in [-0.39, 0.29) is 24.3 Å². The van der Waals surface area contributed by atoms with Crippen LogP contribution in [0.15, 0.2) is 46.3 Å². The first kappa shape index (κ1) is 29.5. The maximum absolute atomic E-state index is 12.9. The highest BCUT2D eigenvalue weighted by Crippen LogP contribution is 2.40. The second kappa shape index (κ2) is 13.2. The van der Waals surface area contributed by atoms with Gasteiger partial charge in [0, 0.05) is 17.4 Å². The van der Waals surface area contributed by atoms with Crippen molar-refractivity contribution in [1.29, 1.82) is 0 Å². The Morgan fingerprint density at radius 1 is 1.00 bits per heavy atom. The lowest BCUT2D eigenvalue weighted by Crippen LogP contribution is -2.15. The maximum Gasteiger partial charge on any atom is 0.341 e. The van der Waals surface area contributed by atoms with Crippen LogP contribution in [0.1, 0.15) is 56.5 Å². The van der Waals surface area contributed by atoms with Crippen molar-refractivity contribution in [3.05, 3.63) is 57.4 Å². The number of rotatable bonds is 11. The van der Waals surface area contributed by atoms with Gasteiger partial charge in [0.05, 0.1) is 31.9 Å². The molecule has 0 atom stereocenters. The Balaban J connectivity index is 1.68. The number of carbonyl (C=O) groups is 2. The Kier molecular flexibility index (Phi) is 10.2. The molecular weight excluding hydrogens is 570 g/mol. The Bertz CT molecular complexity index is 1280.